The van der Waals surface area contributed by atoms with Gasteiger partial charge in [0.25, 0.3) is 17.4 Å². The number of rotatable bonds is 7. The molecule has 1 heterocycles. The van der Waals surface area contributed by atoms with E-state index in [1.165, 1.54) is 24.3 Å². The van der Waals surface area contributed by atoms with Crippen molar-refractivity contribution in [3.63, 3.8) is 0 Å². The number of nitrogens with zero attached hydrogens (tertiary/aromatic N) is 2. The summed E-state index contributed by atoms with van der Waals surface area (Å²) in [4.78, 5) is 47.6. The minimum atomic E-state index is -1.07. The Morgan fingerprint density at radius 2 is 1.68 bits per heavy atom. The van der Waals surface area contributed by atoms with Crippen LogP contribution < -0.4 is 0 Å². The number of likely N-dealkylation sites (tertiary alicyclic amines) is 1. The van der Waals surface area contributed by atoms with Gasteiger partial charge in [-0.2, -0.15) is 0 Å². The van der Waals surface area contributed by atoms with Gasteiger partial charge in [0.2, 0.25) is 0 Å². The number of halogens is 1. The summed E-state index contributed by atoms with van der Waals surface area (Å²) in [5, 5.41) is 30.5. The van der Waals surface area contributed by atoms with Gasteiger partial charge in [-0.05, 0) is 36.2 Å². The van der Waals surface area contributed by atoms with Crippen molar-refractivity contribution < 1.29 is 33.9 Å². The van der Waals surface area contributed by atoms with Crippen LogP contribution in [0.15, 0.2) is 54.1 Å². The molecule has 0 saturated carbocycles. The summed E-state index contributed by atoms with van der Waals surface area (Å²) in [6, 6.07) is 8.70. The molecule has 0 aromatic heterocycles. The fourth-order valence-corrected chi connectivity index (χ4v) is 3.40. The Kier molecular flexibility index (Phi) is 6.10. The molecule has 0 aliphatic carbocycles. The van der Waals surface area contributed by atoms with Crippen LogP contribution >= 0.6 is 0 Å². The van der Waals surface area contributed by atoms with Crippen molar-refractivity contribution >= 4 is 29.1 Å². The fraction of sp³-hybridized carbons (Fsp3) is 0.190. The molecule has 0 spiro atoms. The van der Waals surface area contributed by atoms with E-state index in [1.54, 1.807) is 0 Å². The van der Waals surface area contributed by atoms with Crippen LogP contribution in [0.2, 0.25) is 0 Å². The molecule has 3 rings (SSSR count). The van der Waals surface area contributed by atoms with Crippen LogP contribution in [0, 0.1) is 15.9 Å². The summed E-state index contributed by atoms with van der Waals surface area (Å²) in [6.45, 7) is -0.0735. The topological polar surface area (TPSA) is 138 Å². The smallest absolute Gasteiger partial charge is 0.303 e. The molecule has 2 aromatic carbocycles. The second-order valence-electron chi connectivity index (χ2n) is 6.85. The highest BCUT2D eigenvalue weighted by atomic mass is 19.1. The van der Waals surface area contributed by atoms with E-state index in [2.05, 4.69) is 0 Å². The molecule has 1 aliphatic heterocycles. The lowest BCUT2D eigenvalue weighted by Gasteiger charge is -2.25. The number of aliphatic hydroxyl groups excluding tert-OH is 1. The number of aliphatic hydroxyl groups is 1. The lowest BCUT2D eigenvalue weighted by Crippen LogP contribution is -2.31. The standard InChI is InChI=1S/C21H17FN2O7/c22-14-7-3-12(4-8-14)18-17(19(27)13-5-9-15(10-6-13)24(30)31)20(28)21(29)23(18)11-1-2-16(25)26/h3-10,18,27H,1-2,11H2,(H,25,26). The zero-order valence-corrected chi connectivity index (χ0v) is 16.0. The predicted molar refractivity (Wildman–Crippen MR) is 105 cm³/mol. The number of carboxylic acid groups (broad SMARTS) is 1. The van der Waals surface area contributed by atoms with Gasteiger partial charge in [-0.1, -0.05) is 12.1 Å². The molecular weight excluding hydrogens is 411 g/mol. The minimum absolute atomic E-state index is 0.0671. The molecule has 1 unspecified atom stereocenters. The molecular formula is C21H17FN2O7. The van der Waals surface area contributed by atoms with Crippen molar-refractivity contribution in [2.75, 3.05) is 6.54 Å². The number of aliphatic carboxylic acids is 1. The summed E-state index contributed by atoms with van der Waals surface area (Å²) in [7, 11) is 0. The van der Waals surface area contributed by atoms with Gasteiger partial charge in [-0.3, -0.25) is 24.5 Å². The molecule has 0 radical (unpaired) electrons. The second-order valence-corrected chi connectivity index (χ2v) is 6.85. The van der Waals surface area contributed by atoms with Crippen LogP contribution in [-0.4, -0.2) is 44.2 Å². The Hall–Kier alpha value is -4.08. The number of non-ortho nitro benzene ring substituents is 1. The van der Waals surface area contributed by atoms with Gasteiger partial charge >= 0.3 is 5.97 Å². The summed E-state index contributed by atoms with van der Waals surface area (Å²) >= 11 is 0. The Morgan fingerprint density at radius 3 is 2.23 bits per heavy atom. The number of nitro groups is 1. The van der Waals surface area contributed by atoms with E-state index in [0.717, 1.165) is 29.2 Å². The number of benzene rings is 2. The van der Waals surface area contributed by atoms with Crippen LogP contribution in [0.3, 0.4) is 0 Å². The van der Waals surface area contributed by atoms with Crippen LogP contribution in [-0.2, 0) is 14.4 Å². The van der Waals surface area contributed by atoms with Gasteiger partial charge in [0, 0.05) is 30.7 Å². The number of hydrogen-bond acceptors (Lipinski definition) is 6. The van der Waals surface area contributed by atoms with Crippen LogP contribution in [0.1, 0.15) is 30.0 Å². The molecule has 2 aromatic rings. The van der Waals surface area contributed by atoms with Gasteiger partial charge in [-0.15, -0.1) is 0 Å². The van der Waals surface area contributed by atoms with Crippen molar-refractivity contribution in [3.05, 3.63) is 81.2 Å². The number of nitro benzene ring substituents is 1. The molecule has 1 amide bonds. The van der Waals surface area contributed by atoms with Crippen molar-refractivity contribution in [2.45, 2.75) is 18.9 Å². The third-order valence-corrected chi connectivity index (χ3v) is 4.87. The van der Waals surface area contributed by atoms with Crippen molar-refractivity contribution in [1.82, 2.24) is 4.90 Å². The zero-order valence-electron chi connectivity index (χ0n) is 16.0. The molecule has 9 nitrogen and oxygen atoms in total. The van der Waals surface area contributed by atoms with Crippen molar-refractivity contribution in [1.29, 1.82) is 0 Å². The van der Waals surface area contributed by atoms with Gasteiger partial charge in [0.05, 0.1) is 16.5 Å². The van der Waals surface area contributed by atoms with E-state index in [-0.39, 0.29) is 36.2 Å². The maximum atomic E-state index is 13.4. The lowest BCUT2D eigenvalue weighted by molar-refractivity contribution is -0.384. The Bertz CT molecular complexity index is 1080. The molecule has 1 saturated heterocycles. The maximum absolute atomic E-state index is 13.4. The third kappa shape index (κ3) is 4.42. The number of carboxylic acids is 1. The van der Waals surface area contributed by atoms with E-state index in [4.69, 9.17) is 5.11 Å². The monoisotopic (exact) mass is 428 g/mol. The van der Waals surface area contributed by atoms with Crippen molar-refractivity contribution in [3.8, 4) is 0 Å². The largest absolute Gasteiger partial charge is 0.507 e. The van der Waals surface area contributed by atoms with E-state index in [9.17, 15) is 34.0 Å². The van der Waals surface area contributed by atoms with Gasteiger partial charge in [0.15, 0.2) is 0 Å². The predicted octanol–water partition coefficient (Wildman–Crippen LogP) is 3.02. The summed E-state index contributed by atoms with van der Waals surface area (Å²) < 4.78 is 13.4. The average molecular weight is 428 g/mol. The second kappa shape index (κ2) is 8.74. The number of Topliss-reactive ketones (excluding diaryl/α,β-unsaturated/α-hetero) is 1. The summed E-state index contributed by atoms with van der Waals surface area (Å²) in [5.74, 6) is -4.06. The lowest BCUT2D eigenvalue weighted by atomic mass is 9.95. The minimum Gasteiger partial charge on any atom is -0.507 e. The highest BCUT2D eigenvalue weighted by Crippen LogP contribution is 2.39. The SMILES string of the molecule is O=C(O)CCCN1C(=O)C(=O)C(=C(O)c2ccc([N+](=O)[O-])cc2)C1c1ccc(F)cc1. The fourth-order valence-electron chi connectivity index (χ4n) is 3.40. The molecule has 1 aliphatic rings. The number of carbonyl (C=O) groups excluding carboxylic acids is 2. The van der Waals surface area contributed by atoms with Crippen LogP contribution in [0.4, 0.5) is 10.1 Å². The number of hydrogen-bond donors (Lipinski definition) is 2. The number of carbonyl (C=O) groups is 3. The Balaban J connectivity index is 2.08. The van der Waals surface area contributed by atoms with Gasteiger partial charge in [0.1, 0.15) is 11.6 Å². The van der Waals surface area contributed by atoms with E-state index >= 15 is 0 Å². The third-order valence-electron chi connectivity index (χ3n) is 4.87. The first-order valence-corrected chi connectivity index (χ1v) is 9.21. The summed E-state index contributed by atoms with van der Waals surface area (Å²) in [5.41, 5.74) is -0.0535. The maximum Gasteiger partial charge on any atom is 0.303 e. The first kappa shape index (κ1) is 21.6. The van der Waals surface area contributed by atoms with E-state index in [1.807, 2.05) is 0 Å². The molecule has 160 valence electrons. The molecule has 1 atom stereocenters. The zero-order chi connectivity index (χ0) is 22.7. The van der Waals surface area contributed by atoms with E-state index < -0.39 is 40.2 Å². The van der Waals surface area contributed by atoms with Gasteiger partial charge in [-0.25, -0.2) is 4.39 Å². The molecule has 2 N–H and O–H groups in total. The molecule has 31 heavy (non-hydrogen) atoms. The highest BCUT2D eigenvalue weighted by Gasteiger charge is 2.45. The average Bonchev–Trinajstić information content (AvgIpc) is 2.98. The highest BCUT2D eigenvalue weighted by molar-refractivity contribution is 6.46. The first-order valence-electron chi connectivity index (χ1n) is 9.21. The Morgan fingerprint density at radius 1 is 1.06 bits per heavy atom. The quantitative estimate of drug-likeness (QED) is 0.227. The summed E-state index contributed by atoms with van der Waals surface area (Å²) in [6.07, 6.45) is -0.168. The number of amides is 1. The van der Waals surface area contributed by atoms with Crippen LogP contribution in [0.5, 0.6) is 0 Å². The Labute approximate surface area is 175 Å². The molecule has 10 heteroatoms. The first-order chi connectivity index (χ1) is 14.7. The normalized spacial score (nSPS) is 17.7. The molecule has 0 bridgehead atoms. The van der Waals surface area contributed by atoms with Crippen molar-refractivity contribution in [2.24, 2.45) is 0 Å². The van der Waals surface area contributed by atoms with Gasteiger partial charge < -0.3 is 15.1 Å². The number of ketones is 1. The van der Waals surface area contributed by atoms with E-state index in [0.29, 0.717) is 5.56 Å². The van der Waals surface area contributed by atoms with Crippen LogP contribution in [0.25, 0.3) is 5.76 Å². The molecule has 1 fully saturated rings.